The Kier molecular flexibility index (Phi) is 3.07. The minimum absolute atomic E-state index is 0.00854. The third-order valence-electron chi connectivity index (χ3n) is 2.04. The number of phenolic OH excluding ortho intramolecular Hbond substituents is 1. The Morgan fingerprint density at radius 1 is 1.29 bits per heavy atom. The Balaban J connectivity index is 3.27. The maximum absolute atomic E-state index is 10.9. The molecule has 0 radical (unpaired) electrons. The smallest absolute Gasteiger partial charge is 0.236 e. The molecule has 0 aromatic heterocycles. The van der Waals surface area contributed by atoms with Crippen molar-refractivity contribution >= 4 is 19.7 Å². The summed E-state index contributed by atoms with van der Waals surface area (Å²) in [7, 11) is 1.50. The fraction of sp³-hybridized carbons (Fsp3) is 0.333. The van der Waals surface area contributed by atoms with Crippen molar-refractivity contribution in [3.8, 4) is 5.75 Å². The number of rotatable bonds is 2. The molecular formula is C9H11ClO3S. The molecule has 0 aliphatic carbocycles. The molecule has 78 valence electrons. The minimum atomic E-state index is -3.63. The van der Waals surface area contributed by atoms with E-state index in [0.29, 0.717) is 11.1 Å². The Bertz CT molecular complexity index is 451. The van der Waals surface area contributed by atoms with E-state index in [4.69, 9.17) is 10.7 Å². The van der Waals surface area contributed by atoms with Crippen molar-refractivity contribution in [3.63, 3.8) is 0 Å². The van der Waals surface area contributed by atoms with Gasteiger partial charge >= 0.3 is 0 Å². The Hall–Kier alpha value is -0.740. The van der Waals surface area contributed by atoms with Crippen molar-refractivity contribution in [2.24, 2.45) is 0 Å². The molecule has 0 aliphatic heterocycles. The van der Waals surface area contributed by atoms with Gasteiger partial charge in [-0.2, -0.15) is 0 Å². The van der Waals surface area contributed by atoms with Gasteiger partial charge in [-0.15, -0.1) is 0 Å². The quantitative estimate of drug-likeness (QED) is 0.798. The second kappa shape index (κ2) is 3.79. The lowest BCUT2D eigenvalue weighted by molar-refractivity contribution is 0.465. The molecule has 0 saturated carbocycles. The third kappa shape index (κ3) is 2.62. The number of aryl methyl sites for hydroxylation is 2. The van der Waals surface area contributed by atoms with Crippen LogP contribution >= 0.6 is 10.7 Å². The molecule has 0 saturated heterocycles. The fourth-order valence-corrected chi connectivity index (χ4v) is 2.25. The van der Waals surface area contributed by atoms with Crippen LogP contribution in [0, 0.1) is 13.8 Å². The summed E-state index contributed by atoms with van der Waals surface area (Å²) in [6.07, 6.45) is 0. The van der Waals surface area contributed by atoms with Crippen molar-refractivity contribution < 1.29 is 13.5 Å². The molecule has 0 aliphatic rings. The molecule has 0 amide bonds. The summed E-state index contributed by atoms with van der Waals surface area (Å²) < 4.78 is 21.7. The van der Waals surface area contributed by atoms with Crippen LogP contribution in [0.5, 0.6) is 5.75 Å². The molecule has 0 bridgehead atoms. The fourth-order valence-electron chi connectivity index (χ4n) is 1.21. The first-order chi connectivity index (χ1) is 6.31. The van der Waals surface area contributed by atoms with Crippen molar-refractivity contribution in [2.45, 2.75) is 19.6 Å². The van der Waals surface area contributed by atoms with Crippen LogP contribution in [0.2, 0.25) is 0 Å². The van der Waals surface area contributed by atoms with E-state index in [0.717, 1.165) is 5.56 Å². The average Bonchev–Trinajstić information content (AvgIpc) is 2.04. The maximum atomic E-state index is 10.9. The predicted molar refractivity (Wildman–Crippen MR) is 56.1 cm³/mol. The molecule has 0 heterocycles. The standard InChI is InChI=1S/C9H11ClO3S/c1-6-3-4-7(2)9(11)8(6)5-14(10,12)13/h3-4,11H,5H2,1-2H3. The first-order valence-corrected chi connectivity index (χ1v) is 6.49. The molecule has 1 aromatic rings. The Labute approximate surface area is 87.8 Å². The SMILES string of the molecule is Cc1ccc(C)c(CS(=O)(=O)Cl)c1O. The summed E-state index contributed by atoms with van der Waals surface area (Å²) in [6, 6.07) is 3.49. The molecule has 14 heavy (non-hydrogen) atoms. The van der Waals surface area contributed by atoms with Crippen LogP contribution in [0.25, 0.3) is 0 Å². The zero-order valence-corrected chi connectivity index (χ0v) is 9.48. The van der Waals surface area contributed by atoms with Gasteiger partial charge in [0.1, 0.15) is 5.75 Å². The number of aromatic hydroxyl groups is 1. The lowest BCUT2D eigenvalue weighted by atomic mass is 10.1. The second-order valence-corrected chi connectivity index (χ2v) is 5.99. The molecule has 0 spiro atoms. The highest BCUT2D eigenvalue weighted by molar-refractivity contribution is 8.13. The van der Waals surface area contributed by atoms with Gasteiger partial charge in [0, 0.05) is 16.2 Å². The number of hydrogen-bond donors (Lipinski definition) is 1. The third-order valence-corrected chi connectivity index (χ3v) is 3.00. The van der Waals surface area contributed by atoms with E-state index in [-0.39, 0.29) is 11.5 Å². The van der Waals surface area contributed by atoms with Crippen LogP contribution in [-0.4, -0.2) is 13.5 Å². The molecule has 0 fully saturated rings. The lowest BCUT2D eigenvalue weighted by Crippen LogP contribution is -1.99. The number of benzene rings is 1. The van der Waals surface area contributed by atoms with Crippen LogP contribution in [0.4, 0.5) is 0 Å². The van der Waals surface area contributed by atoms with E-state index < -0.39 is 9.05 Å². The van der Waals surface area contributed by atoms with E-state index in [1.54, 1.807) is 26.0 Å². The molecule has 1 aromatic carbocycles. The summed E-state index contributed by atoms with van der Waals surface area (Å²) in [5.41, 5.74) is 1.74. The van der Waals surface area contributed by atoms with Gasteiger partial charge in [-0.3, -0.25) is 0 Å². The summed E-state index contributed by atoms with van der Waals surface area (Å²) in [4.78, 5) is 0. The first kappa shape index (κ1) is 11.3. The largest absolute Gasteiger partial charge is 0.507 e. The second-order valence-electron chi connectivity index (χ2n) is 3.21. The van der Waals surface area contributed by atoms with Crippen LogP contribution in [-0.2, 0) is 14.8 Å². The molecule has 1 N–H and O–H groups in total. The van der Waals surface area contributed by atoms with Crippen molar-refractivity contribution in [1.82, 2.24) is 0 Å². The van der Waals surface area contributed by atoms with Gasteiger partial charge in [-0.25, -0.2) is 8.42 Å². The molecular weight excluding hydrogens is 224 g/mol. The number of hydrogen-bond acceptors (Lipinski definition) is 3. The van der Waals surface area contributed by atoms with E-state index in [1.807, 2.05) is 0 Å². The normalized spacial score (nSPS) is 11.6. The van der Waals surface area contributed by atoms with E-state index in [2.05, 4.69) is 0 Å². The maximum Gasteiger partial charge on any atom is 0.236 e. The highest BCUT2D eigenvalue weighted by Crippen LogP contribution is 2.27. The minimum Gasteiger partial charge on any atom is -0.507 e. The topological polar surface area (TPSA) is 54.4 Å². The van der Waals surface area contributed by atoms with E-state index in [9.17, 15) is 13.5 Å². The summed E-state index contributed by atoms with van der Waals surface area (Å²) in [6.45, 7) is 3.44. The van der Waals surface area contributed by atoms with Gasteiger partial charge in [-0.1, -0.05) is 12.1 Å². The zero-order valence-electron chi connectivity index (χ0n) is 7.91. The van der Waals surface area contributed by atoms with Gasteiger partial charge in [0.05, 0.1) is 5.75 Å². The highest BCUT2D eigenvalue weighted by Gasteiger charge is 2.14. The van der Waals surface area contributed by atoms with Crippen LogP contribution in [0.15, 0.2) is 12.1 Å². The zero-order chi connectivity index (χ0) is 10.9. The van der Waals surface area contributed by atoms with Crippen LogP contribution in [0.1, 0.15) is 16.7 Å². The molecule has 0 atom stereocenters. The van der Waals surface area contributed by atoms with Gasteiger partial charge in [0.25, 0.3) is 0 Å². The lowest BCUT2D eigenvalue weighted by Gasteiger charge is -2.08. The predicted octanol–water partition coefficient (Wildman–Crippen LogP) is 2.08. The van der Waals surface area contributed by atoms with E-state index >= 15 is 0 Å². The van der Waals surface area contributed by atoms with Crippen molar-refractivity contribution in [1.29, 1.82) is 0 Å². The van der Waals surface area contributed by atoms with Gasteiger partial charge < -0.3 is 5.11 Å². The van der Waals surface area contributed by atoms with E-state index in [1.165, 1.54) is 0 Å². The summed E-state index contributed by atoms with van der Waals surface area (Å²) >= 11 is 0. The number of phenols is 1. The molecule has 3 nitrogen and oxygen atoms in total. The Morgan fingerprint density at radius 3 is 2.29 bits per heavy atom. The van der Waals surface area contributed by atoms with Crippen molar-refractivity contribution in [3.05, 3.63) is 28.8 Å². The number of halogens is 1. The average molecular weight is 235 g/mol. The van der Waals surface area contributed by atoms with Gasteiger partial charge in [0.15, 0.2) is 0 Å². The Morgan fingerprint density at radius 2 is 1.79 bits per heavy atom. The monoisotopic (exact) mass is 234 g/mol. The summed E-state index contributed by atoms with van der Waals surface area (Å²) in [5, 5.41) is 9.62. The highest BCUT2D eigenvalue weighted by atomic mass is 35.7. The first-order valence-electron chi connectivity index (χ1n) is 4.01. The molecule has 5 heteroatoms. The van der Waals surface area contributed by atoms with Gasteiger partial charge in [0.2, 0.25) is 9.05 Å². The van der Waals surface area contributed by atoms with Crippen LogP contribution in [0.3, 0.4) is 0 Å². The summed E-state index contributed by atoms with van der Waals surface area (Å²) in [5.74, 6) is -0.331. The molecule has 0 unspecified atom stereocenters. The van der Waals surface area contributed by atoms with Crippen LogP contribution < -0.4 is 0 Å². The van der Waals surface area contributed by atoms with Gasteiger partial charge in [-0.05, 0) is 25.0 Å². The molecule has 1 rings (SSSR count). The van der Waals surface area contributed by atoms with Crippen molar-refractivity contribution in [2.75, 3.05) is 0 Å².